The molecule has 1 aromatic heterocycles. The van der Waals surface area contributed by atoms with Gasteiger partial charge in [0.1, 0.15) is 10.6 Å². The fourth-order valence-electron chi connectivity index (χ4n) is 3.47. The lowest BCUT2D eigenvalue weighted by atomic mass is 10.0. The first-order chi connectivity index (χ1) is 15.3. The molecule has 0 N–H and O–H groups in total. The van der Waals surface area contributed by atoms with E-state index in [9.17, 15) is 22.0 Å². The molecule has 0 atom stereocenters. The maximum absolute atomic E-state index is 14.0. The summed E-state index contributed by atoms with van der Waals surface area (Å²) in [6.07, 6.45) is 0.959. The van der Waals surface area contributed by atoms with Crippen molar-refractivity contribution in [1.29, 1.82) is 0 Å². The molecule has 4 aromatic rings. The zero-order chi connectivity index (χ0) is 22.9. The van der Waals surface area contributed by atoms with Gasteiger partial charge >= 0.3 is 0 Å². The van der Waals surface area contributed by atoms with Crippen molar-refractivity contribution in [2.45, 2.75) is 11.4 Å². The number of nitrogens with zero attached hydrogens (tertiary/aromatic N) is 2. The van der Waals surface area contributed by atoms with Crippen LogP contribution in [0, 0.1) is 11.6 Å². The fourth-order valence-corrected chi connectivity index (χ4v) is 4.56. The Labute approximate surface area is 183 Å². The number of hydrogen-bond acceptors (Lipinski definition) is 4. The van der Waals surface area contributed by atoms with Gasteiger partial charge in [-0.15, -0.1) is 0 Å². The standard InChI is InChI=1S/C24H18F2N2O3S/c1-32(30,31)23-21(18-12-13-19(25)20(26)14-18)24(29)28(15-16-8-4-2-5-9-16)27-22(23)17-10-6-3-7-11-17/h2-14H,15H2,1H3. The van der Waals surface area contributed by atoms with Gasteiger partial charge in [-0.05, 0) is 23.3 Å². The lowest BCUT2D eigenvalue weighted by Gasteiger charge is -2.16. The molecule has 0 amide bonds. The van der Waals surface area contributed by atoms with Crippen LogP contribution in [0.2, 0.25) is 0 Å². The highest BCUT2D eigenvalue weighted by Crippen LogP contribution is 2.32. The van der Waals surface area contributed by atoms with Gasteiger partial charge in [0, 0.05) is 11.8 Å². The fraction of sp³-hybridized carbons (Fsp3) is 0.0833. The van der Waals surface area contributed by atoms with Gasteiger partial charge in [-0.25, -0.2) is 21.9 Å². The molecule has 0 fully saturated rings. The molecule has 162 valence electrons. The van der Waals surface area contributed by atoms with Crippen LogP contribution >= 0.6 is 0 Å². The smallest absolute Gasteiger partial charge is 0.267 e. The quantitative estimate of drug-likeness (QED) is 0.453. The molecule has 5 nitrogen and oxygen atoms in total. The summed E-state index contributed by atoms with van der Waals surface area (Å²) < 4.78 is 54.4. The molecular formula is C24H18F2N2O3S. The van der Waals surface area contributed by atoms with Gasteiger partial charge in [0.2, 0.25) is 0 Å². The maximum Gasteiger partial charge on any atom is 0.276 e. The Bertz CT molecular complexity index is 1450. The summed E-state index contributed by atoms with van der Waals surface area (Å²) in [5.41, 5.74) is 0.276. The Balaban J connectivity index is 2.10. The summed E-state index contributed by atoms with van der Waals surface area (Å²) in [6.45, 7) is 0.0697. The Hall–Kier alpha value is -3.65. The van der Waals surface area contributed by atoms with Crippen molar-refractivity contribution in [1.82, 2.24) is 9.78 Å². The first-order valence-electron chi connectivity index (χ1n) is 9.65. The Morgan fingerprint density at radius 1 is 0.844 bits per heavy atom. The van der Waals surface area contributed by atoms with Gasteiger partial charge in [0.15, 0.2) is 21.5 Å². The van der Waals surface area contributed by atoms with Crippen molar-refractivity contribution in [2.75, 3.05) is 6.26 Å². The molecule has 4 rings (SSSR count). The minimum Gasteiger partial charge on any atom is -0.267 e. The molecule has 0 bridgehead atoms. The number of hydrogen-bond donors (Lipinski definition) is 0. The predicted molar refractivity (Wildman–Crippen MR) is 118 cm³/mol. The van der Waals surface area contributed by atoms with E-state index in [0.717, 1.165) is 28.6 Å². The van der Waals surface area contributed by atoms with E-state index in [1.165, 1.54) is 6.07 Å². The lowest BCUT2D eigenvalue weighted by molar-refractivity contribution is 0.509. The third kappa shape index (κ3) is 4.22. The van der Waals surface area contributed by atoms with E-state index in [0.29, 0.717) is 5.56 Å². The van der Waals surface area contributed by atoms with Crippen LogP contribution in [0.1, 0.15) is 5.56 Å². The number of benzene rings is 3. The molecule has 1 heterocycles. The third-order valence-electron chi connectivity index (χ3n) is 4.91. The van der Waals surface area contributed by atoms with Gasteiger partial charge in [0.25, 0.3) is 5.56 Å². The highest BCUT2D eigenvalue weighted by atomic mass is 32.2. The van der Waals surface area contributed by atoms with Gasteiger partial charge in [-0.1, -0.05) is 66.7 Å². The second kappa shape index (κ2) is 8.47. The summed E-state index contributed by atoms with van der Waals surface area (Å²) >= 11 is 0. The van der Waals surface area contributed by atoms with Crippen LogP contribution < -0.4 is 5.56 Å². The van der Waals surface area contributed by atoms with Crippen molar-refractivity contribution in [3.63, 3.8) is 0 Å². The predicted octanol–water partition coefficient (Wildman–Crippen LogP) is 4.31. The van der Waals surface area contributed by atoms with Crippen molar-refractivity contribution < 1.29 is 17.2 Å². The molecule has 32 heavy (non-hydrogen) atoms. The van der Waals surface area contributed by atoms with Gasteiger partial charge in [-0.2, -0.15) is 5.10 Å². The Morgan fingerprint density at radius 2 is 1.47 bits per heavy atom. The minimum atomic E-state index is -3.99. The molecule has 0 aliphatic rings. The average molecular weight is 452 g/mol. The van der Waals surface area contributed by atoms with E-state index < -0.39 is 27.0 Å². The van der Waals surface area contributed by atoms with Crippen LogP contribution in [0.3, 0.4) is 0 Å². The van der Waals surface area contributed by atoms with Crippen LogP contribution in [-0.2, 0) is 16.4 Å². The number of rotatable bonds is 5. The van der Waals surface area contributed by atoms with Gasteiger partial charge in [0.05, 0.1) is 12.1 Å². The molecule has 0 radical (unpaired) electrons. The molecule has 0 saturated carbocycles. The Morgan fingerprint density at radius 3 is 2.06 bits per heavy atom. The minimum absolute atomic E-state index is 0.0456. The topological polar surface area (TPSA) is 69.0 Å². The van der Waals surface area contributed by atoms with E-state index in [1.807, 2.05) is 6.07 Å². The molecule has 0 saturated heterocycles. The van der Waals surface area contributed by atoms with Crippen LogP contribution in [0.4, 0.5) is 8.78 Å². The van der Waals surface area contributed by atoms with Gasteiger partial charge < -0.3 is 0 Å². The summed E-state index contributed by atoms with van der Waals surface area (Å²) in [5, 5.41) is 4.39. The summed E-state index contributed by atoms with van der Waals surface area (Å²) in [5.74, 6) is -2.29. The number of aromatic nitrogens is 2. The zero-order valence-corrected chi connectivity index (χ0v) is 17.8. The SMILES string of the molecule is CS(=O)(=O)c1c(-c2ccccc2)nn(Cc2ccccc2)c(=O)c1-c1ccc(F)c(F)c1. The molecule has 0 aliphatic carbocycles. The molecule has 8 heteroatoms. The van der Waals surface area contributed by atoms with Crippen LogP contribution in [0.25, 0.3) is 22.4 Å². The van der Waals surface area contributed by atoms with Crippen LogP contribution in [-0.4, -0.2) is 24.5 Å². The van der Waals surface area contributed by atoms with E-state index in [4.69, 9.17) is 0 Å². The van der Waals surface area contributed by atoms with E-state index in [1.54, 1.807) is 54.6 Å². The molecular weight excluding hydrogens is 434 g/mol. The number of sulfone groups is 1. The normalized spacial score (nSPS) is 11.5. The van der Waals surface area contributed by atoms with Crippen molar-refractivity contribution in [2.24, 2.45) is 0 Å². The van der Waals surface area contributed by atoms with E-state index in [2.05, 4.69) is 5.10 Å². The molecule has 0 spiro atoms. The maximum atomic E-state index is 14.0. The van der Waals surface area contributed by atoms with Crippen molar-refractivity contribution >= 4 is 9.84 Å². The molecule has 0 unspecified atom stereocenters. The molecule has 0 aliphatic heterocycles. The van der Waals surface area contributed by atoms with Crippen LogP contribution in [0.15, 0.2) is 88.6 Å². The molecule has 3 aromatic carbocycles. The zero-order valence-electron chi connectivity index (χ0n) is 17.0. The second-order valence-corrected chi connectivity index (χ2v) is 9.22. The van der Waals surface area contributed by atoms with Crippen molar-refractivity contribution in [3.05, 3.63) is 106 Å². The third-order valence-corrected chi connectivity index (χ3v) is 6.05. The lowest BCUT2D eigenvalue weighted by Crippen LogP contribution is -2.28. The Kier molecular flexibility index (Phi) is 5.71. The first kappa shape index (κ1) is 21.6. The summed E-state index contributed by atoms with van der Waals surface area (Å²) in [4.78, 5) is 13.1. The van der Waals surface area contributed by atoms with Gasteiger partial charge in [-0.3, -0.25) is 4.79 Å². The van der Waals surface area contributed by atoms with Crippen molar-refractivity contribution in [3.8, 4) is 22.4 Å². The monoisotopic (exact) mass is 452 g/mol. The number of halogens is 2. The van der Waals surface area contributed by atoms with Crippen LogP contribution in [0.5, 0.6) is 0 Å². The summed E-state index contributed by atoms with van der Waals surface area (Å²) in [7, 11) is -3.99. The highest BCUT2D eigenvalue weighted by Gasteiger charge is 2.27. The largest absolute Gasteiger partial charge is 0.276 e. The summed E-state index contributed by atoms with van der Waals surface area (Å²) in [6, 6.07) is 20.4. The highest BCUT2D eigenvalue weighted by molar-refractivity contribution is 7.91. The van der Waals surface area contributed by atoms with E-state index >= 15 is 0 Å². The average Bonchev–Trinajstić information content (AvgIpc) is 2.77. The van der Waals surface area contributed by atoms with E-state index in [-0.39, 0.29) is 28.3 Å². The first-order valence-corrected chi connectivity index (χ1v) is 11.5. The second-order valence-electron chi connectivity index (χ2n) is 7.27.